The minimum atomic E-state index is 0.126. The van der Waals surface area contributed by atoms with Crippen LogP contribution < -0.4 is 4.90 Å². The van der Waals surface area contributed by atoms with Crippen molar-refractivity contribution in [2.75, 3.05) is 32.1 Å². The number of thiophene rings is 1. The van der Waals surface area contributed by atoms with Crippen LogP contribution in [0.1, 0.15) is 12.8 Å². The van der Waals surface area contributed by atoms with Gasteiger partial charge in [-0.2, -0.15) is 0 Å². The van der Waals surface area contributed by atoms with Gasteiger partial charge in [-0.3, -0.25) is 4.79 Å². The monoisotopic (exact) mass is 366 g/mol. The number of carbonyl (C=O) groups is 1. The number of anilines is 1. The largest absolute Gasteiger partial charge is 0.356 e. The molecule has 1 aromatic carbocycles. The van der Waals surface area contributed by atoms with Crippen LogP contribution in [0.4, 0.5) is 5.82 Å². The molecule has 0 unspecified atom stereocenters. The summed E-state index contributed by atoms with van der Waals surface area (Å²) in [5.41, 5.74) is 1.21. The Morgan fingerprint density at radius 2 is 1.88 bits per heavy atom. The number of amides is 1. The lowest BCUT2D eigenvalue weighted by molar-refractivity contribution is -0.133. The Morgan fingerprint density at radius 1 is 1.15 bits per heavy atom. The molecule has 5 nitrogen and oxygen atoms in total. The van der Waals surface area contributed by atoms with E-state index in [4.69, 9.17) is 0 Å². The second-order valence-electron chi connectivity index (χ2n) is 6.89. The zero-order valence-electron chi connectivity index (χ0n) is 15.1. The van der Waals surface area contributed by atoms with Crippen LogP contribution in [0.2, 0.25) is 0 Å². The van der Waals surface area contributed by atoms with E-state index in [2.05, 4.69) is 45.2 Å². The smallest absolute Gasteiger partial charge is 0.225 e. The van der Waals surface area contributed by atoms with E-state index < -0.39 is 0 Å². The average Bonchev–Trinajstić information content (AvgIpc) is 3.12. The lowest BCUT2D eigenvalue weighted by Crippen LogP contribution is -2.40. The van der Waals surface area contributed by atoms with E-state index in [1.165, 1.54) is 10.4 Å². The van der Waals surface area contributed by atoms with Crippen LogP contribution in [0.3, 0.4) is 0 Å². The molecule has 0 atom stereocenters. The third-order valence-corrected chi connectivity index (χ3v) is 6.04. The fourth-order valence-electron chi connectivity index (χ4n) is 3.54. The van der Waals surface area contributed by atoms with Gasteiger partial charge in [0.1, 0.15) is 17.0 Å². The molecule has 4 rings (SSSR count). The lowest BCUT2D eigenvalue weighted by Gasteiger charge is -2.33. The summed E-state index contributed by atoms with van der Waals surface area (Å²) < 4.78 is 0. The van der Waals surface area contributed by atoms with E-state index in [1.54, 1.807) is 22.6 Å². The van der Waals surface area contributed by atoms with Crippen molar-refractivity contribution < 1.29 is 4.79 Å². The normalized spacial score (nSPS) is 15.4. The van der Waals surface area contributed by atoms with Gasteiger partial charge >= 0.3 is 0 Å². The van der Waals surface area contributed by atoms with Crippen molar-refractivity contribution in [2.24, 2.45) is 5.92 Å². The molecule has 3 heterocycles. The number of carbonyl (C=O) groups excluding carboxylic acids is 1. The molecule has 1 saturated heterocycles. The minimum Gasteiger partial charge on any atom is -0.356 e. The molecule has 1 fully saturated rings. The molecule has 0 spiro atoms. The van der Waals surface area contributed by atoms with E-state index >= 15 is 0 Å². The first-order valence-corrected chi connectivity index (χ1v) is 9.71. The summed E-state index contributed by atoms with van der Waals surface area (Å²) in [6.45, 7) is 1.71. The Labute approximate surface area is 157 Å². The number of aromatic nitrogens is 2. The summed E-state index contributed by atoms with van der Waals surface area (Å²) in [7, 11) is 3.66. The second-order valence-corrected chi connectivity index (χ2v) is 7.92. The van der Waals surface area contributed by atoms with Gasteiger partial charge in [0.2, 0.25) is 5.91 Å². The lowest BCUT2D eigenvalue weighted by atomic mass is 9.95. The van der Waals surface area contributed by atoms with E-state index in [0.717, 1.165) is 42.0 Å². The molecule has 1 aliphatic heterocycles. The van der Waals surface area contributed by atoms with Crippen molar-refractivity contribution in [2.45, 2.75) is 12.8 Å². The molecule has 3 aromatic rings. The Morgan fingerprint density at radius 3 is 2.58 bits per heavy atom. The van der Waals surface area contributed by atoms with Gasteiger partial charge in [0, 0.05) is 38.0 Å². The molecule has 0 N–H and O–H groups in total. The SMILES string of the molecule is CN(C)C(=O)C1CCN(c2ncnc3sc(-c4ccccc4)cc23)CC1. The fraction of sp³-hybridized carbons (Fsp3) is 0.350. The molecule has 26 heavy (non-hydrogen) atoms. The Kier molecular flexibility index (Phi) is 4.59. The van der Waals surface area contributed by atoms with Crippen molar-refractivity contribution in [3.05, 3.63) is 42.7 Å². The zero-order chi connectivity index (χ0) is 18.1. The molecule has 1 amide bonds. The quantitative estimate of drug-likeness (QED) is 0.710. The molecule has 0 saturated carbocycles. The van der Waals surface area contributed by atoms with Gasteiger partial charge in [0.05, 0.1) is 5.39 Å². The maximum absolute atomic E-state index is 12.2. The minimum absolute atomic E-state index is 0.126. The van der Waals surface area contributed by atoms with Crippen molar-refractivity contribution >= 4 is 33.3 Å². The summed E-state index contributed by atoms with van der Waals surface area (Å²) >= 11 is 1.70. The first kappa shape index (κ1) is 17.0. The molecule has 134 valence electrons. The van der Waals surface area contributed by atoms with E-state index in [0.29, 0.717) is 0 Å². The number of nitrogens with zero attached hydrogens (tertiary/aromatic N) is 4. The van der Waals surface area contributed by atoms with Crippen LogP contribution >= 0.6 is 11.3 Å². The van der Waals surface area contributed by atoms with Gasteiger partial charge in [-0.15, -0.1) is 11.3 Å². The summed E-state index contributed by atoms with van der Waals surface area (Å²) in [6.07, 6.45) is 3.40. The van der Waals surface area contributed by atoms with Crippen LogP contribution in [-0.2, 0) is 4.79 Å². The van der Waals surface area contributed by atoms with Crippen molar-refractivity contribution in [3.8, 4) is 10.4 Å². The molecule has 0 aliphatic carbocycles. The number of benzene rings is 1. The van der Waals surface area contributed by atoms with Gasteiger partial charge < -0.3 is 9.80 Å². The molecular weight excluding hydrogens is 344 g/mol. The summed E-state index contributed by atoms with van der Waals surface area (Å²) in [5, 5.41) is 1.11. The summed E-state index contributed by atoms with van der Waals surface area (Å²) in [4.78, 5) is 27.5. The van der Waals surface area contributed by atoms with Crippen molar-refractivity contribution in [1.82, 2.24) is 14.9 Å². The molecule has 2 aromatic heterocycles. The zero-order valence-corrected chi connectivity index (χ0v) is 15.9. The molecule has 1 aliphatic rings. The molecule has 0 bridgehead atoms. The number of fused-ring (bicyclic) bond motifs is 1. The first-order valence-electron chi connectivity index (χ1n) is 8.89. The van der Waals surface area contributed by atoms with Crippen molar-refractivity contribution in [3.63, 3.8) is 0 Å². The summed E-state index contributed by atoms with van der Waals surface area (Å²) in [5.74, 6) is 1.35. The Balaban J connectivity index is 1.60. The van der Waals surface area contributed by atoms with E-state index in [9.17, 15) is 4.79 Å². The van der Waals surface area contributed by atoms with Crippen LogP contribution in [-0.4, -0.2) is 48.0 Å². The van der Waals surface area contributed by atoms with Gasteiger partial charge in [-0.1, -0.05) is 30.3 Å². The molecular formula is C20H22N4OS. The third-order valence-electron chi connectivity index (χ3n) is 4.95. The average molecular weight is 366 g/mol. The maximum atomic E-state index is 12.2. The van der Waals surface area contributed by atoms with Crippen LogP contribution in [0.15, 0.2) is 42.7 Å². The number of hydrogen-bond acceptors (Lipinski definition) is 5. The second kappa shape index (κ2) is 7.03. The van der Waals surface area contributed by atoms with Gasteiger partial charge in [0.15, 0.2) is 0 Å². The van der Waals surface area contributed by atoms with Crippen LogP contribution in [0.5, 0.6) is 0 Å². The maximum Gasteiger partial charge on any atom is 0.225 e. The molecule has 6 heteroatoms. The number of piperidine rings is 1. The Bertz CT molecular complexity index is 914. The van der Waals surface area contributed by atoms with Crippen LogP contribution in [0, 0.1) is 5.92 Å². The highest BCUT2D eigenvalue weighted by molar-refractivity contribution is 7.21. The number of hydrogen-bond donors (Lipinski definition) is 0. The first-order chi connectivity index (χ1) is 12.6. The summed E-state index contributed by atoms with van der Waals surface area (Å²) in [6, 6.07) is 12.6. The van der Waals surface area contributed by atoms with E-state index in [1.807, 2.05) is 20.2 Å². The Hall–Kier alpha value is -2.47. The highest BCUT2D eigenvalue weighted by atomic mass is 32.1. The number of rotatable bonds is 3. The highest BCUT2D eigenvalue weighted by Gasteiger charge is 2.27. The molecule has 0 radical (unpaired) electrons. The van der Waals surface area contributed by atoms with E-state index in [-0.39, 0.29) is 11.8 Å². The topological polar surface area (TPSA) is 49.3 Å². The van der Waals surface area contributed by atoms with Gasteiger partial charge in [-0.05, 0) is 24.5 Å². The standard InChI is InChI=1S/C20H22N4OS/c1-23(2)20(25)15-8-10-24(11-9-15)18-16-12-17(14-6-4-3-5-7-14)26-19(16)22-13-21-18/h3-7,12-13,15H,8-11H2,1-2H3. The highest BCUT2D eigenvalue weighted by Crippen LogP contribution is 2.37. The van der Waals surface area contributed by atoms with Crippen molar-refractivity contribution in [1.29, 1.82) is 0 Å². The predicted molar refractivity (Wildman–Crippen MR) is 106 cm³/mol. The predicted octanol–water partition coefficient (Wildman–Crippen LogP) is 3.66. The fourth-order valence-corrected chi connectivity index (χ4v) is 4.54. The van der Waals surface area contributed by atoms with Gasteiger partial charge in [-0.25, -0.2) is 9.97 Å². The van der Waals surface area contributed by atoms with Crippen LogP contribution in [0.25, 0.3) is 20.7 Å². The van der Waals surface area contributed by atoms with Gasteiger partial charge in [0.25, 0.3) is 0 Å². The third kappa shape index (κ3) is 3.17.